The van der Waals surface area contributed by atoms with Crippen molar-refractivity contribution < 1.29 is 29.1 Å². The number of rotatable bonds is 43. The molecule has 0 aliphatic rings. The molecule has 8 nitrogen and oxygen atoms in total. The number of ether oxygens (including phenoxy) is 2. The number of nitrogens with zero attached hydrogens (tertiary/aromatic N) is 2. The lowest BCUT2D eigenvalue weighted by Gasteiger charge is -2.23. The molecule has 1 unspecified atom stereocenters. The zero-order valence-corrected chi connectivity index (χ0v) is 38.6. The first-order valence-electron chi connectivity index (χ1n) is 23.4. The third-order valence-electron chi connectivity index (χ3n) is 10.8. The highest BCUT2D eigenvalue weighted by Crippen LogP contribution is 2.19. The predicted molar refractivity (Wildman–Crippen MR) is 239 cm³/mol. The van der Waals surface area contributed by atoms with Crippen molar-refractivity contribution in [3.63, 3.8) is 0 Å². The molecule has 0 saturated heterocycles. The second-order valence-electron chi connectivity index (χ2n) is 16.1. The molecule has 1 amide bonds. The summed E-state index contributed by atoms with van der Waals surface area (Å²) >= 11 is 2.46. The topological polar surface area (TPSA) is 96.4 Å². The Hall–Kier alpha value is -0.940. The summed E-state index contributed by atoms with van der Waals surface area (Å²) in [5, 5.41) is 10.6. The van der Waals surface area contributed by atoms with E-state index in [1.54, 1.807) is 0 Å². The summed E-state index contributed by atoms with van der Waals surface area (Å²) in [5.41, 5.74) is 0. The number of carbonyl (C=O) groups is 3. The van der Waals surface area contributed by atoms with E-state index in [9.17, 15) is 19.6 Å². The molecule has 55 heavy (non-hydrogen) atoms. The highest BCUT2D eigenvalue weighted by Gasteiger charge is 2.15. The average Bonchev–Trinajstić information content (AvgIpc) is 3.17. The average molecular weight is 893 g/mol. The number of hydrogen-bond donors (Lipinski definition) is 1. The van der Waals surface area contributed by atoms with Gasteiger partial charge >= 0.3 is 11.9 Å². The van der Waals surface area contributed by atoms with Crippen LogP contribution in [-0.2, 0) is 23.9 Å². The van der Waals surface area contributed by atoms with Gasteiger partial charge in [0.1, 0.15) is 6.10 Å². The number of hydroxylamine groups is 2. The van der Waals surface area contributed by atoms with Gasteiger partial charge in [-0.2, -0.15) is 0 Å². The van der Waals surface area contributed by atoms with Crippen molar-refractivity contribution in [3.05, 3.63) is 0 Å². The molecule has 0 aromatic heterocycles. The summed E-state index contributed by atoms with van der Waals surface area (Å²) in [5.74, 6) is -0.371. The first-order valence-corrected chi connectivity index (χ1v) is 25.0. The van der Waals surface area contributed by atoms with E-state index in [1.807, 2.05) is 0 Å². The minimum atomic E-state index is -0.317. The van der Waals surface area contributed by atoms with Crippen molar-refractivity contribution in [2.75, 3.05) is 37.2 Å². The van der Waals surface area contributed by atoms with E-state index in [1.165, 1.54) is 114 Å². The molecule has 1 atom stereocenters. The van der Waals surface area contributed by atoms with Crippen molar-refractivity contribution in [1.82, 2.24) is 9.96 Å². The van der Waals surface area contributed by atoms with E-state index < -0.39 is 0 Å². The first-order chi connectivity index (χ1) is 26.8. The SMILES string of the molecule is CCCCCCCCCOC(=O)CCCCCCCN(CCCCCCCC(=O)OC(CCCCCCCC)CCCCCCCI)CCCN(O)C(C)=O. The molecule has 326 valence electrons. The largest absolute Gasteiger partial charge is 0.466 e. The van der Waals surface area contributed by atoms with Crippen LogP contribution in [0.4, 0.5) is 0 Å². The fourth-order valence-corrected chi connectivity index (χ4v) is 7.72. The third kappa shape index (κ3) is 39.7. The Balaban J connectivity index is 4.31. The molecule has 0 aliphatic heterocycles. The number of halogens is 1. The van der Waals surface area contributed by atoms with Gasteiger partial charge in [-0.15, -0.1) is 0 Å². The van der Waals surface area contributed by atoms with E-state index in [4.69, 9.17) is 9.47 Å². The first kappa shape index (κ1) is 54.1. The molecule has 0 aromatic rings. The third-order valence-corrected chi connectivity index (χ3v) is 11.5. The molecule has 0 saturated carbocycles. The van der Waals surface area contributed by atoms with Crippen molar-refractivity contribution in [2.45, 2.75) is 239 Å². The molecule has 0 heterocycles. The van der Waals surface area contributed by atoms with Crippen LogP contribution in [-0.4, -0.2) is 76.3 Å². The Bertz CT molecular complexity index is 846. The molecule has 0 aliphatic carbocycles. The fraction of sp³-hybridized carbons (Fsp3) is 0.935. The van der Waals surface area contributed by atoms with Crippen LogP contribution in [0.3, 0.4) is 0 Å². The van der Waals surface area contributed by atoms with Gasteiger partial charge in [0.05, 0.1) is 6.61 Å². The van der Waals surface area contributed by atoms with Gasteiger partial charge in [0.15, 0.2) is 0 Å². The molecule has 0 spiro atoms. The van der Waals surface area contributed by atoms with Gasteiger partial charge in [0.2, 0.25) is 5.91 Å². The smallest absolute Gasteiger partial charge is 0.306 e. The van der Waals surface area contributed by atoms with Crippen LogP contribution in [0.15, 0.2) is 0 Å². The van der Waals surface area contributed by atoms with Gasteiger partial charge < -0.3 is 14.4 Å². The minimum Gasteiger partial charge on any atom is -0.466 e. The number of alkyl halides is 1. The van der Waals surface area contributed by atoms with Crippen molar-refractivity contribution >= 4 is 40.4 Å². The summed E-state index contributed by atoms with van der Waals surface area (Å²) < 4.78 is 12.7. The van der Waals surface area contributed by atoms with Gasteiger partial charge in [-0.05, 0) is 94.7 Å². The zero-order chi connectivity index (χ0) is 40.5. The molecule has 1 N–H and O–H groups in total. The lowest BCUT2D eigenvalue weighted by Crippen LogP contribution is -2.32. The summed E-state index contributed by atoms with van der Waals surface area (Å²) in [6.07, 6.45) is 37.1. The van der Waals surface area contributed by atoms with Gasteiger partial charge in [-0.1, -0.05) is 165 Å². The maximum atomic E-state index is 12.8. The van der Waals surface area contributed by atoms with Crippen LogP contribution in [0, 0.1) is 0 Å². The van der Waals surface area contributed by atoms with E-state index >= 15 is 0 Å². The molecular formula is C46H89IN2O6. The number of unbranched alkanes of at least 4 members (excludes halogenated alkanes) is 23. The zero-order valence-electron chi connectivity index (χ0n) is 36.4. The van der Waals surface area contributed by atoms with Crippen LogP contribution in [0.25, 0.3) is 0 Å². The standard InChI is InChI=1S/C46H89IN2O6/c1-4-6-8-10-12-23-31-42-54-45(51)35-26-18-14-21-29-38-48(40-32-41-49(53)43(3)50)39-30-22-15-19-27-36-46(52)55-44(33-24-16-11-9-7-5-2)34-25-17-13-20-28-37-47/h44,53H,4-42H2,1-3H3. The minimum absolute atomic E-state index is 0.00528. The monoisotopic (exact) mass is 893 g/mol. The Morgan fingerprint density at radius 3 is 1.44 bits per heavy atom. The van der Waals surface area contributed by atoms with Crippen LogP contribution >= 0.6 is 22.6 Å². The predicted octanol–water partition coefficient (Wildman–Crippen LogP) is 13.3. The summed E-state index contributed by atoms with van der Waals surface area (Å²) in [6.45, 7) is 9.68. The molecule has 0 fully saturated rings. The van der Waals surface area contributed by atoms with Gasteiger partial charge in [-0.3, -0.25) is 19.6 Å². The Morgan fingerprint density at radius 2 is 0.927 bits per heavy atom. The van der Waals surface area contributed by atoms with E-state index in [0.717, 1.165) is 121 Å². The molecular weight excluding hydrogens is 803 g/mol. The normalized spacial score (nSPS) is 12.0. The number of carbonyl (C=O) groups excluding carboxylic acids is 3. The molecule has 0 rings (SSSR count). The quantitative estimate of drug-likeness (QED) is 0.0163. The number of hydrogen-bond acceptors (Lipinski definition) is 7. The maximum Gasteiger partial charge on any atom is 0.306 e. The summed E-state index contributed by atoms with van der Waals surface area (Å²) in [7, 11) is 0. The summed E-state index contributed by atoms with van der Waals surface area (Å²) in [6, 6.07) is 0. The highest BCUT2D eigenvalue weighted by molar-refractivity contribution is 14.1. The van der Waals surface area contributed by atoms with Crippen LogP contribution in [0.5, 0.6) is 0 Å². The molecule has 0 bridgehead atoms. The lowest BCUT2D eigenvalue weighted by molar-refractivity contribution is -0.163. The fourth-order valence-electron chi connectivity index (χ4n) is 7.18. The van der Waals surface area contributed by atoms with Gasteiger partial charge in [0.25, 0.3) is 0 Å². The van der Waals surface area contributed by atoms with Crippen LogP contribution < -0.4 is 0 Å². The van der Waals surface area contributed by atoms with Gasteiger partial charge in [-0.25, -0.2) is 5.06 Å². The summed E-state index contributed by atoms with van der Waals surface area (Å²) in [4.78, 5) is 38.8. The Labute approximate surface area is 353 Å². The van der Waals surface area contributed by atoms with Crippen LogP contribution in [0.1, 0.15) is 233 Å². The molecule has 0 radical (unpaired) electrons. The highest BCUT2D eigenvalue weighted by atomic mass is 127. The molecule has 9 heteroatoms. The van der Waals surface area contributed by atoms with Crippen LogP contribution in [0.2, 0.25) is 0 Å². The van der Waals surface area contributed by atoms with E-state index in [-0.39, 0.29) is 23.9 Å². The van der Waals surface area contributed by atoms with Crippen molar-refractivity contribution in [1.29, 1.82) is 0 Å². The van der Waals surface area contributed by atoms with Crippen molar-refractivity contribution in [2.24, 2.45) is 0 Å². The Kier molecular flexibility index (Phi) is 41.9. The van der Waals surface area contributed by atoms with Crippen molar-refractivity contribution in [3.8, 4) is 0 Å². The van der Waals surface area contributed by atoms with E-state index in [0.29, 0.717) is 26.0 Å². The van der Waals surface area contributed by atoms with E-state index in [2.05, 4.69) is 41.3 Å². The number of amides is 1. The second kappa shape index (κ2) is 42.7. The molecule has 0 aromatic carbocycles. The lowest BCUT2D eigenvalue weighted by atomic mass is 10.0. The van der Waals surface area contributed by atoms with Gasteiger partial charge in [0, 0.05) is 26.3 Å². The number of esters is 2. The second-order valence-corrected chi connectivity index (χ2v) is 17.2. The Morgan fingerprint density at radius 1 is 0.509 bits per heavy atom. The maximum absolute atomic E-state index is 12.8.